The highest BCUT2D eigenvalue weighted by Gasteiger charge is 2.59. The zero-order valence-electron chi connectivity index (χ0n) is 17.9. The van der Waals surface area contributed by atoms with Gasteiger partial charge in [0.15, 0.2) is 6.61 Å². The summed E-state index contributed by atoms with van der Waals surface area (Å²) in [5.74, 6) is -1.21. The van der Waals surface area contributed by atoms with Crippen LogP contribution in [0.25, 0.3) is 0 Å². The van der Waals surface area contributed by atoms with Gasteiger partial charge in [-0.2, -0.15) is 0 Å². The summed E-state index contributed by atoms with van der Waals surface area (Å²) in [5, 5.41) is 2.63. The van der Waals surface area contributed by atoms with Gasteiger partial charge in [0, 0.05) is 11.8 Å². The minimum Gasteiger partial charge on any atom is -0.497 e. The average molecular weight is 446 g/mol. The van der Waals surface area contributed by atoms with Crippen molar-refractivity contribution >= 4 is 35.1 Å². The normalized spacial score (nSPS) is 24.7. The lowest BCUT2D eigenvalue weighted by atomic mass is 9.85. The minimum atomic E-state index is -0.680. The molecule has 5 rings (SSSR count). The lowest BCUT2D eigenvalue weighted by molar-refractivity contribution is -0.123. The lowest BCUT2D eigenvalue weighted by Gasteiger charge is -2.17. The molecule has 1 aliphatic heterocycles. The number of esters is 1. The zero-order chi connectivity index (χ0) is 23.1. The van der Waals surface area contributed by atoms with Gasteiger partial charge in [0.1, 0.15) is 5.75 Å². The molecule has 8 nitrogen and oxygen atoms in total. The van der Waals surface area contributed by atoms with Gasteiger partial charge in [0.25, 0.3) is 5.91 Å². The summed E-state index contributed by atoms with van der Waals surface area (Å²) < 4.78 is 10.2. The first-order valence-electron chi connectivity index (χ1n) is 10.7. The van der Waals surface area contributed by atoms with Crippen LogP contribution < -0.4 is 15.0 Å². The van der Waals surface area contributed by atoms with E-state index in [1.165, 1.54) is 24.1 Å². The third-order valence-corrected chi connectivity index (χ3v) is 6.52. The van der Waals surface area contributed by atoms with Crippen molar-refractivity contribution in [2.24, 2.45) is 23.7 Å². The Morgan fingerprint density at radius 1 is 1.00 bits per heavy atom. The summed E-state index contributed by atoms with van der Waals surface area (Å²) >= 11 is 0. The molecule has 1 saturated carbocycles. The number of imide groups is 1. The summed E-state index contributed by atoms with van der Waals surface area (Å²) in [5.41, 5.74) is 1.17. The molecule has 168 valence electrons. The number of rotatable bonds is 6. The van der Waals surface area contributed by atoms with Gasteiger partial charge in [-0.3, -0.25) is 19.3 Å². The molecule has 1 N–H and O–H groups in total. The second kappa shape index (κ2) is 8.20. The fourth-order valence-electron chi connectivity index (χ4n) is 5.02. The van der Waals surface area contributed by atoms with Crippen molar-refractivity contribution in [2.75, 3.05) is 23.9 Å². The number of hydrogen-bond acceptors (Lipinski definition) is 6. The molecule has 0 unspecified atom stereocenters. The Labute approximate surface area is 190 Å². The molecule has 3 amide bonds. The predicted molar refractivity (Wildman–Crippen MR) is 119 cm³/mol. The molecule has 4 atom stereocenters. The number of carbonyl (C=O) groups excluding carboxylic acids is 4. The van der Waals surface area contributed by atoms with Crippen molar-refractivity contribution in [2.45, 2.75) is 6.42 Å². The molecule has 2 aromatic rings. The Bertz CT molecular complexity index is 1140. The zero-order valence-corrected chi connectivity index (χ0v) is 17.9. The van der Waals surface area contributed by atoms with Crippen molar-refractivity contribution in [1.82, 2.24) is 0 Å². The number of anilines is 2. The molecule has 2 aliphatic carbocycles. The Kier molecular flexibility index (Phi) is 5.20. The predicted octanol–water partition coefficient (Wildman–Crippen LogP) is 2.80. The number of amides is 3. The third kappa shape index (κ3) is 3.67. The van der Waals surface area contributed by atoms with Crippen LogP contribution in [0.4, 0.5) is 11.4 Å². The largest absolute Gasteiger partial charge is 0.497 e. The average Bonchev–Trinajstić information content (AvgIpc) is 3.51. The van der Waals surface area contributed by atoms with E-state index < -0.39 is 18.5 Å². The highest BCUT2D eigenvalue weighted by molar-refractivity contribution is 6.22. The van der Waals surface area contributed by atoms with E-state index in [2.05, 4.69) is 5.32 Å². The van der Waals surface area contributed by atoms with Crippen LogP contribution in [0.1, 0.15) is 16.8 Å². The molecule has 0 radical (unpaired) electrons. The van der Waals surface area contributed by atoms with E-state index in [1.807, 2.05) is 12.2 Å². The van der Waals surface area contributed by atoms with Gasteiger partial charge in [-0.05, 0) is 54.7 Å². The standard InChI is InChI=1S/C25H22N2O6/c1-32-19-4-2-3-17(12-19)26-20(28)13-33-25(31)14-7-9-18(10-8-14)27-23(29)21-15-5-6-16(11-15)22(21)24(27)30/h2-10,12,15-16,21-22H,11,13H2,1H3,(H,26,28)/t15-,16-,21-,22+/m0/s1. The van der Waals surface area contributed by atoms with Gasteiger partial charge in [0.2, 0.25) is 11.8 Å². The van der Waals surface area contributed by atoms with E-state index in [-0.39, 0.29) is 41.0 Å². The van der Waals surface area contributed by atoms with Gasteiger partial charge in [-0.25, -0.2) is 4.79 Å². The first-order valence-corrected chi connectivity index (χ1v) is 10.7. The second-order valence-electron chi connectivity index (χ2n) is 8.41. The number of allylic oxidation sites excluding steroid dienone is 2. The van der Waals surface area contributed by atoms with E-state index in [0.29, 0.717) is 17.1 Å². The molecule has 2 aromatic carbocycles. The van der Waals surface area contributed by atoms with Crippen LogP contribution in [0.3, 0.4) is 0 Å². The van der Waals surface area contributed by atoms with Crippen molar-refractivity contribution in [1.29, 1.82) is 0 Å². The molecule has 1 saturated heterocycles. The molecular formula is C25H22N2O6. The summed E-state index contributed by atoms with van der Waals surface area (Å²) in [6, 6.07) is 12.9. The van der Waals surface area contributed by atoms with E-state index in [0.717, 1.165) is 6.42 Å². The van der Waals surface area contributed by atoms with Crippen LogP contribution in [0.5, 0.6) is 5.75 Å². The fourth-order valence-corrected chi connectivity index (χ4v) is 5.02. The monoisotopic (exact) mass is 446 g/mol. The fraction of sp³-hybridized carbons (Fsp3) is 0.280. The first-order chi connectivity index (χ1) is 16.0. The van der Waals surface area contributed by atoms with Crippen LogP contribution in [0.15, 0.2) is 60.7 Å². The highest BCUT2D eigenvalue weighted by Crippen LogP contribution is 2.53. The number of nitrogens with zero attached hydrogens (tertiary/aromatic N) is 1. The molecule has 3 aliphatic rings. The van der Waals surface area contributed by atoms with Gasteiger partial charge >= 0.3 is 5.97 Å². The molecule has 2 bridgehead atoms. The van der Waals surface area contributed by atoms with E-state index in [9.17, 15) is 19.2 Å². The molecule has 1 heterocycles. The Hall–Kier alpha value is -3.94. The molecule has 0 spiro atoms. The number of nitrogens with one attached hydrogen (secondary N) is 1. The van der Waals surface area contributed by atoms with Crippen molar-refractivity contribution in [3.63, 3.8) is 0 Å². The summed E-state index contributed by atoms with van der Waals surface area (Å²) in [6.45, 7) is -0.458. The summed E-state index contributed by atoms with van der Waals surface area (Å²) in [7, 11) is 1.52. The van der Waals surface area contributed by atoms with E-state index in [1.54, 1.807) is 36.4 Å². The maximum absolute atomic E-state index is 12.9. The molecule has 0 aromatic heterocycles. The topological polar surface area (TPSA) is 102 Å². The SMILES string of the molecule is COc1cccc(NC(=O)COC(=O)c2ccc(N3C(=O)[C@@H]4[C@H](C3=O)[C@H]3C=C[C@H]4C3)cc2)c1. The number of benzene rings is 2. The highest BCUT2D eigenvalue weighted by atomic mass is 16.5. The number of hydrogen-bond donors (Lipinski definition) is 1. The summed E-state index contributed by atoms with van der Waals surface area (Å²) in [4.78, 5) is 51.5. The Morgan fingerprint density at radius 3 is 2.30 bits per heavy atom. The van der Waals surface area contributed by atoms with Crippen LogP contribution in [-0.2, 0) is 19.1 Å². The Balaban J connectivity index is 1.19. The van der Waals surface area contributed by atoms with E-state index >= 15 is 0 Å². The van der Waals surface area contributed by atoms with Crippen molar-refractivity contribution < 1.29 is 28.7 Å². The maximum atomic E-state index is 12.9. The van der Waals surface area contributed by atoms with Gasteiger partial charge in [-0.1, -0.05) is 18.2 Å². The van der Waals surface area contributed by atoms with Gasteiger partial charge in [-0.15, -0.1) is 0 Å². The second-order valence-corrected chi connectivity index (χ2v) is 8.41. The quantitative estimate of drug-likeness (QED) is 0.416. The van der Waals surface area contributed by atoms with E-state index in [4.69, 9.17) is 9.47 Å². The van der Waals surface area contributed by atoms with Crippen molar-refractivity contribution in [3.05, 3.63) is 66.2 Å². The smallest absolute Gasteiger partial charge is 0.338 e. The third-order valence-electron chi connectivity index (χ3n) is 6.52. The van der Waals surface area contributed by atoms with Gasteiger partial charge in [0.05, 0.1) is 30.2 Å². The van der Waals surface area contributed by atoms with Crippen LogP contribution >= 0.6 is 0 Å². The summed E-state index contributed by atoms with van der Waals surface area (Å²) in [6.07, 6.45) is 4.96. The Morgan fingerprint density at radius 2 is 1.67 bits per heavy atom. The van der Waals surface area contributed by atoms with Gasteiger partial charge < -0.3 is 14.8 Å². The maximum Gasteiger partial charge on any atom is 0.338 e. The first kappa shape index (κ1) is 20.9. The number of ether oxygens (including phenoxy) is 2. The number of fused-ring (bicyclic) bond motifs is 5. The molecular weight excluding hydrogens is 424 g/mol. The lowest BCUT2D eigenvalue weighted by Crippen LogP contribution is -2.32. The minimum absolute atomic E-state index is 0.138. The van der Waals surface area contributed by atoms with Crippen LogP contribution in [0.2, 0.25) is 0 Å². The van der Waals surface area contributed by atoms with Crippen molar-refractivity contribution in [3.8, 4) is 5.75 Å². The molecule has 2 fully saturated rings. The number of carbonyl (C=O) groups is 4. The molecule has 33 heavy (non-hydrogen) atoms. The van der Waals surface area contributed by atoms with Crippen LogP contribution in [0, 0.1) is 23.7 Å². The molecule has 8 heteroatoms. The number of methoxy groups -OCH3 is 1. The van der Waals surface area contributed by atoms with Crippen LogP contribution in [-0.4, -0.2) is 37.4 Å².